The van der Waals surface area contributed by atoms with Crippen molar-refractivity contribution in [1.29, 1.82) is 0 Å². The molecule has 39 heavy (non-hydrogen) atoms. The third-order valence-corrected chi connectivity index (χ3v) is 4.36. The maximum atomic E-state index is 13.7. The van der Waals surface area contributed by atoms with Gasteiger partial charge in [-0.1, -0.05) is 0 Å². The molecule has 1 N–H and O–H groups in total. The minimum absolute atomic E-state index is 0.117. The molecule has 1 amide bonds. The van der Waals surface area contributed by atoms with Crippen LogP contribution in [-0.4, -0.2) is 54.4 Å². The number of carbonyl (C=O) groups excluding carboxylic acids is 1. The van der Waals surface area contributed by atoms with Gasteiger partial charge in [-0.25, -0.2) is 4.79 Å². The molecule has 0 saturated carbocycles. The minimum Gasteiger partial charge on any atom is -0.450 e. The SMILES string of the molecule is CCOC(=O)Nc1ccc(OC(F)=C(F)C(F)(F)C(F)(F)C(F)(F)C(F)(F)C(F)(F)C(F)(F)C(F)(F)F)cc1. The van der Waals surface area contributed by atoms with Crippen molar-refractivity contribution in [3.63, 3.8) is 0 Å². The van der Waals surface area contributed by atoms with Crippen LogP contribution in [0.5, 0.6) is 5.75 Å². The van der Waals surface area contributed by atoms with Crippen molar-refractivity contribution in [3.05, 3.63) is 36.1 Å². The van der Waals surface area contributed by atoms with Crippen molar-refractivity contribution in [1.82, 2.24) is 0 Å². The van der Waals surface area contributed by atoms with Crippen LogP contribution >= 0.6 is 0 Å². The van der Waals surface area contributed by atoms with Crippen LogP contribution in [0.25, 0.3) is 0 Å². The van der Waals surface area contributed by atoms with E-state index >= 15 is 0 Å². The summed E-state index contributed by atoms with van der Waals surface area (Å²) in [7, 11) is 0. The van der Waals surface area contributed by atoms with Crippen molar-refractivity contribution in [2.45, 2.75) is 48.6 Å². The molecule has 0 saturated heterocycles. The van der Waals surface area contributed by atoms with E-state index in [0.717, 1.165) is 12.1 Å². The first-order valence-corrected chi connectivity index (χ1v) is 9.35. The molecule has 0 atom stereocenters. The Hall–Kier alpha value is -3.16. The van der Waals surface area contributed by atoms with Gasteiger partial charge in [0.05, 0.1) is 6.61 Å². The summed E-state index contributed by atoms with van der Waals surface area (Å²) in [6.45, 7) is 1.27. The largest absolute Gasteiger partial charge is 0.460 e. The van der Waals surface area contributed by atoms with E-state index < -0.39 is 65.4 Å². The molecule has 4 nitrogen and oxygen atoms in total. The predicted molar refractivity (Wildman–Crippen MR) is 92.7 cm³/mol. The summed E-state index contributed by atoms with van der Waals surface area (Å²) in [6, 6.07) is -1.15. The molecule has 1 aromatic carbocycles. The summed E-state index contributed by atoms with van der Waals surface area (Å²) in [5.74, 6) is -55.5. The number of ether oxygens (including phenoxy) is 2. The topological polar surface area (TPSA) is 47.6 Å². The fraction of sp³-hybridized carbons (Fsp3) is 0.500. The number of halogens is 17. The highest BCUT2D eigenvalue weighted by molar-refractivity contribution is 5.84. The number of carbonyl (C=O) groups is 1. The summed E-state index contributed by atoms with van der Waals surface area (Å²) in [4.78, 5) is 11.2. The molecule has 0 radical (unpaired) electrons. The number of alkyl halides is 15. The van der Waals surface area contributed by atoms with Crippen LogP contribution in [0.3, 0.4) is 0 Å². The quantitative estimate of drug-likeness (QED) is 0.215. The van der Waals surface area contributed by atoms with Crippen LogP contribution in [0, 0.1) is 0 Å². The standard InChI is InChI=1S/C18H10F17NO3/c1-2-38-11(37)36-7-3-5-8(6-4-7)39-10(20)9(19)12(21,22)13(23,24)14(25,26)15(27,28)16(29,30)17(31,32)18(33,34)35/h3-6H,2H2,1H3,(H,36,37). The minimum atomic E-state index is -8.66. The number of hydrogen-bond acceptors (Lipinski definition) is 3. The van der Waals surface area contributed by atoms with Gasteiger partial charge in [0.15, 0.2) is 0 Å². The Bertz CT molecular complexity index is 1060. The second kappa shape index (κ2) is 10.4. The summed E-state index contributed by atoms with van der Waals surface area (Å²) in [5.41, 5.74) is -0.207. The molecule has 0 aliphatic heterocycles. The number of benzene rings is 1. The Labute approximate surface area is 204 Å². The summed E-state index contributed by atoms with van der Waals surface area (Å²) in [6.07, 6.45) is -8.87. The van der Waals surface area contributed by atoms with Gasteiger partial charge in [0.25, 0.3) is 0 Å². The van der Waals surface area contributed by atoms with Crippen LogP contribution in [0.15, 0.2) is 36.1 Å². The zero-order valence-electron chi connectivity index (χ0n) is 18.2. The highest BCUT2D eigenvalue weighted by atomic mass is 19.4. The van der Waals surface area contributed by atoms with Gasteiger partial charge in [-0.15, -0.1) is 0 Å². The van der Waals surface area contributed by atoms with Gasteiger partial charge in [0.1, 0.15) is 5.75 Å². The smallest absolute Gasteiger partial charge is 0.450 e. The van der Waals surface area contributed by atoms with Gasteiger partial charge >= 0.3 is 53.8 Å². The van der Waals surface area contributed by atoms with Crippen molar-refractivity contribution in [2.24, 2.45) is 0 Å². The van der Waals surface area contributed by atoms with Gasteiger partial charge < -0.3 is 9.47 Å². The zero-order valence-corrected chi connectivity index (χ0v) is 18.2. The fourth-order valence-corrected chi connectivity index (χ4v) is 2.27. The molecule has 224 valence electrons. The van der Waals surface area contributed by atoms with Crippen LogP contribution in [-0.2, 0) is 4.74 Å². The molecule has 0 unspecified atom stereocenters. The number of amides is 1. The Morgan fingerprint density at radius 1 is 0.692 bits per heavy atom. The van der Waals surface area contributed by atoms with Crippen molar-refractivity contribution in [3.8, 4) is 5.75 Å². The number of nitrogens with one attached hydrogen (secondary N) is 1. The lowest BCUT2D eigenvalue weighted by Crippen LogP contribution is -2.72. The van der Waals surface area contributed by atoms with E-state index in [1.54, 1.807) is 0 Å². The molecule has 0 aromatic heterocycles. The molecule has 0 bridgehead atoms. The lowest BCUT2D eigenvalue weighted by molar-refractivity contribution is -0.451. The van der Waals surface area contributed by atoms with Gasteiger partial charge in [0, 0.05) is 5.69 Å². The first-order chi connectivity index (χ1) is 17.2. The highest BCUT2D eigenvalue weighted by Crippen LogP contribution is 2.63. The van der Waals surface area contributed by atoms with E-state index in [9.17, 15) is 79.4 Å². The third kappa shape index (κ3) is 5.61. The first-order valence-electron chi connectivity index (χ1n) is 9.35. The van der Waals surface area contributed by atoms with Crippen molar-refractivity contribution >= 4 is 11.8 Å². The van der Waals surface area contributed by atoms with E-state index in [1.165, 1.54) is 6.92 Å². The summed E-state index contributed by atoms with van der Waals surface area (Å²) >= 11 is 0. The van der Waals surface area contributed by atoms with Crippen LogP contribution in [0.2, 0.25) is 0 Å². The number of anilines is 1. The molecule has 0 aliphatic carbocycles. The predicted octanol–water partition coefficient (Wildman–Crippen LogP) is 8.12. The van der Waals surface area contributed by atoms with Crippen LogP contribution in [0.4, 0.5) is 85.1 Å². The number of hydrogen-bond donors (Lipinski definition) is 1. The summed E-state index contributed by atoms with van der Waals surface area (Å²) in [5, 5.41) is 2.00. The van der Waals surface area contributed by atoms with Gasteiger partial charge in [-0.2, -0.15) is 74.6 Å². The second-order valence-electron chi connectivity index (χ2n) is 7.00. The van der Waals surface area contributed by atoms with Crippen molar-refractivity contribution in [2.75, 3.05) is 11.9 Å². The Kier molecular flexibility index (Phi) is 9.06. The Morgan fingerprint density at radius 3 is 1.51 bits per heavy atom. The number of rotatable bonds is 10. The molecule has 0 spiro atoms. The molecule has 1 rings (SSSR count). The molecular weight excluding hydrogens is 601 g/mol. The lowest BCUT2D eigenvalue weighted by atomic mass is 9.91. The van der Waals surface area contributed by atoms with E-state index in [-0.39, 0.29) is 12.3 Å². The van der Waals surface area contributed by atoms with Crippen LogP contribution in [0.1, 0.15) is 6.92 Å². The maximum Gasteiger partial charge on any atom is 0.460 e. The van der Waals surface area contributed by atoms with E-state index in [2.05, 4.69) is 9.47 Å². The number of allylic oxidation sites excluding steroid dienone is 1. The van der Waals surface area contributed by atoms with Crippen LogP contribution < -0.4 is 10.1 Å². The van der Waals surface area contributed by atoms with Crippen molar-refractivity contribution < 1.29 is 88.9 Å². The third-order valence-electron chi connectivity index (χ3n) is 4.36. The highest BCUT2D eigenvalue weighted by Gasteiger charge is 2.93. The average Bonchev–Trinajstić information content (AvgIpc) is 2.78. The maximum absolute atomic E-state index is 13.7. The monoisotopic (exact) mass is 611 g/mol. The molecule has 1 aromatic rings. The van der Waals surface area contributed by atoms with Gasteiger partial charge in [-0.05, 0) is 31.2 Å². The fourth-order valence-electron chi connectivity index (χ4n) is 2.27. The molecule has 0 aliphatic rings. The zero-order chi connectivity index (χ0) is 31.0. The normalized spacial score (nSPS) is 15.0. The van der Waals surface area contributed by atoms with Gasteiger partial charge in [0.2, 0.25) is 5.83 Å². The average molecular weight is 611 g/mol. The van der Waals surface area contributed by atoms with E-state index in [1.807, 2.05) is 5.32 Å². The molecular formula is C18H10F17NO3. The molecule has 0 heterocycles. The second-order valence-corrected chi connectivity index (χ2v) is 7.00. The van der Waals surface area contributed by atoms with E-state index in [4.69, 9.17) is 0 Å². The Morgan fingerprint density at radius 2 is 1.10 bits per heavy atom. The summed E-state index contributed by atoms with van der Waals surface area (Å²) < 4.78 is 232. The molecule has 0 fully saturated rings. The Balaban J connectivity index is 3.42. The molecule has 21 heteroatoms. The van der Waals surface area contributed by atoms with E-state index in [0.29, 0.717) is 12.1 Å². The van der Waals surface area contributed by atoms with Gasteiger partial charge in [-0.3, -0.25) is 5.32 Å². The lowest BCUT2D eigenvalue weighted by Gasteiger charge is -2.41. The first kappa shape index (κ1) is 33.9.